The van der Waals surface area contributed by atoms with E-state index < -0.39 is 0 Å². The molecule has 1 saturated heterocycles. The van der Waals surface area contributed by atoms with Gasteiger partial charge in [0.25, 0.3) is 0 Å². The van der Waals surface area contributed by atoms with Crippen molar-refractivity contribution < 1.29 is 9.90 Å². The average molecular weight is 297 g/mol. The van der Waals surface area contributed by atoms with Gasteiger partial charge >= 0.3 is 6.03 Å². The summed E-state index contributed by atoms with van der Waals surface area (Å²) in [5.41, 5.74) is -0.0579. The molecule has 1 heterocycles. The van der Waals surface area contributed by atoms with Gasteiger partial charge in [-0.05, 0) is 31.1 Å². The van der Waals surface area contributed by atoms with Crippen molar-refractivity contribution in [3.63, 3.8) is 0 Å². The van der Waals surface area contributed by atoms with E-state index in [1.807, 2.05) is 0 Å². The Balaban J connectivity index is 1.66. The van der Waals surface area contributed by atoms with E-state index in [1.54, 1.807) is 0 Å². The van der Waals surface area contributed by atoms with Gasteiger partial charge in [-0.3, -0.25) is 4.90 Å². The Morgan fingerprint density at radius 1 is 1.29 bits per heavy atom. The van der Waals surface area contributed by atoms with Crippen LogP contribution in [-0.4, -0.2) is 54.4 Å². The summed E-state index contributed by atoms with van der Waals surface area (Å²) in [6.45, 7) is 6.99. The van der Waals surface area contributed by atoms with Crippen LogP contribution in [0.15, 0.2) is 0 Å². The predicted molar refractivity (Wildman–Crippen MR) is 84.3 cm³/mol. The number of rotatable bonds is 6. The van der Waals surface area contributed by atoms with Crippen molar-refractivity contribution in [2.24, 2.45) is 5.41 Å². The zero-order valence-electron chi connectivity index (χ0n) is 13.5. The molecule has 2 rings (SSSR count). The van der Waals surface area contributed by atoms with E-state index in [9.17, 15) is 4.79 Å². The molecule has 0 aromatic carbocycles. The predicted octanol–water partition coefficient (Wildman–Crippen LogP) is 1.71. The molecule has 5 nitrogen and oxygen atoms in total. The van der Waals surface area contributed by atoms with Crippen LogP contribution < -0.4 is 10.6 Å². The van der Waals surface area contributed by atoms with Crippen LogP contribution in [-0.2, 0) is 0 Å². The number of nitrogens with zero attached hydrogens (tertiary/aromatic N) is 1. The zero-order chi connectivity index (χ0) is 15.3. The molecule has 0 radical (unpaired) electrons. The largest absolute Gasteiger partial charge is 0.396 e. The Bertz CT molecular complexity index is 340. The van der Waals surface area contributed by atoms with E-state index >= 15 is 0 Å². The third-order valence-corrected chi connectivity index (χ3v) is 4.91. The van der Waals surface area contributed by atoms with Crippen LogP contribution in [0.5, 0.6) is 0 Å². The summed E-state index contributed by atoms with van der Waals surface area (Å²) in [4.78, 5) is 14.5. The second kappa shape index (κ2) is 7.45. The molecule has 1 saturated carbocycles. The molecular weight excluding hydrogens is 266 g/mol. The maximum atomic E-state index is 12.0. The quantitative estimate of drug-likeness (QED) is 0.699. The van der Waals surface area contributed by atoms with Crippen LogP contribution >= 0.6 is 0 Å². The molecule has 2 amide bonds. The van der Waals surface area contributed by atoms with E-state index in [2.05, 4.69) is 29.4 Å². The molecule has 1 atom stereocenters. The molecule has 3 N–H and O–H groups in total. The standard InChI is InChI=1S/C16H31N3O2/c1-16(2,8-10-20)12-17-15(21)18-13-7-9-19(11-13)14-5-3-4-6-14/h13-14,20H,3-12H2,1-2H3,(H2,17,18,21). The highest BCUT2D eigenvalue weighted by atomic mass is 16.3. The number of hydrogen-bond donors (Lipinski definition) is 3. The summed E-state index contributed by atoms with van der Waals surface area (Å²) in [7, 11) is 0. The van der Waals surface area contributed by atoms with Crippen molar-refractivity contribution in [1.29, 1.82) is 0 Å². The summed E-state index contributed by atoms with van der Waals surface area (Å²) < 4.78 is 0. The lowest BCUT2D eigenvalue weighted by Crippen LogP contribution is -2.46. The molecule has 1 unspecified atom stereocenters. The Labute approximate surface area is 128 Å². The first-order valence-electron chi connectivity index (χ1n) is 8.39. The van der Waals surface area contributed by atoms with Crippen LogP contribution in [0.1, 0.15) is 52.4 Å². The van der Waals surface area contributed by atoms with Crippen molar-refractivity contribution in [2.45, 2.75) is 64.5 Å². The number of nitrogens with one attached hydrogen (secondary N) is 2. The van der Waals surface area contributed by atoms with Crippen LogP contribution in [0.4, 0.5) is 4.79 Å². The molecule has 1 aliphatic carbocycles. The minimum atomic E-state index is -0.0701. The second-order valence-corrected chi connectivity index (χ2v) is 7.38. The lowest BCUT2D eigenvalue weighted by molar-refractivity contribution is 0.199. The summed E-state index contributed by atoms with van der Waals surface area (Å²) in [5, 5.41) is 15.0. The monoisotopic (exact) mass is 297 g/mol. The summed E-state index contributed by atoms with van der Waals surface area (Å²) in [6, 6.07) is 0.967. The first-order valence-corrected chi connectivity index (χ1v) is 8.39. The molecule has 0 bridgehead atoms. The van der Waals surface area contributed by atoms with Crippen molar-refractivity contribution >= 4 is 6.03 Å². The fourth-order valence-electron chi connectivity index (χ4n) is 3.45. The van der Waals surface area contributed by atoms with E-state index in [1.165, 1.54) is 25.7 Å². The minimum absolute atomic E-state index is 0.0579. The topological polar surface area (TPSA) is 64.6 Å². The van der Waals surface area contributed by atoms with Gasteiger partial charge in [-0.1, -0.05) is 26.7 Å². The highest BCUT2D eigenvalue weighted by Gasteiger charge is 2.30. The normalized spacial score (nSPS) is 24.4. The fourth-order valence-corrected chi connectivity index (χ4v) is 3.45. The van der Waals surface area contributed by atoms with Gasteiger partial charge in [0.1, 0.15) is 0 Å². The van der Waals surface area contributed by atoms with Crippen LogP contribution in [0.25, 0.3) is 0 Å². The third-order valence-electron chi connectivity index (χ3n) is 4.91. The second-order valence-electron chi connectivity index (χ2n) is 7.38. The van der Waals surface area contributed by atoms with Crippen molar-refractivity contribution in [3.05, 3.63) is 0 Å². The first-order chi connectivity index (χ1) is 10.00. The van der Waals surface area contributed by atoms with E-state index in [4.69, 9.17) is 5.11 Å². The van der Waals surface area contributed by atoms with Gasteiger partial charge in [-0.15, -0.1) is 0 Å². The number of aliphatic hydroxyl groups is 1. The lowest BCUT2D eigenvalue weighted by Gasteiger charge is -2.25. The SMILES string of the molecule is CC(C)(CCO)CNC(=O)NC1CCN(C2CCCC2)C1. The number of carbonyl (C=O) groups is 1. The van der Waals surface area contributed by atoms with Crippen LogP contribution in [0.2, 0.25) is 0 Å². The molecule has 21 heavy (non-hydrogen) atoms. The number of hydrogen-bond acceptors (Lipinski definition) is 3. The third kappa shape index (κ3) is 5.15. The molecule has 122 valence electrons. The Kier molecular flexibility index (Phi) is 5.88. The fraction of sp³-hybridized carbons (Fsp3) is 0.938. The van der Waals surface area contributed by atoms with E-state index in [0.29, 0.717) is 13.0 Å². The number of carbonyl (C=O) groups excluding carboxylic acids is 1. The van der Waals surface area contributed by atoms with Gasteiger partial charge in [-0.2, -0.15) is 0 Å². The van der Waals surface area contributed by atoms with Gasteiger partial charge in [0.05, 0.1) is 0 Å². The summed E-state index contributed by atoms with van der Waals surface area (Å²) >= 11 is 0. The highest BCUT2D eigenvalue weighted by molar-refractivity contribution is 5.74. The van der Waals surface area contributed by atoms with Gasteiger partial charge in [0.2, 0.25) is 0 Å². The Hall–Kier alpha value is -0.810. The maximum Gasteiger partial charge on any atom is 0.315 e. The maximum absolute atomic E-state index is 12.0. The van der Waals surface area contributed by atoms with Gasteiger partial charge in [0, 0.05) is 38.3 Å². The Morgan fingerprint density at radius 2 is 2.00 bits per heavy atom. The number of aliphatic hydroxyl groups excluding tert-OH is 1. The summed E-state index contributed by atoms with van der Waals surface area (Å²) in [5.74, 6) is 0. The van der Waals surface area contributed by atoms with Gasteiger partial charge in [0.15, 0.2) is 0 Å². The van der Waals surface area contributed by atoms with Crippen molar-refractivity contribution in [1.82, 2.24) is 15.5 Å². The molecule has 0 aromatic heterocycles. The van der Waals surface area contributed by atoms with Crippen molar-refractivity contribution in [3.8, 4) is 0 Å². The number of likely N-dealkylation sites (tertiary alicyclic amines) is 1. The zero-order valence-corrected chi connectivity index (χ0v) is 13.5. The molecule has 0 spiro atoms. The Morgan fingerprint density at radius 3 is 2.67 bits per heavy atom. The average Bonchev–Trinajstić information content (AvgIpc) is 3.06. The molecule has 0 aromatic rings. The molecule has 1 aliphatic heterocycles. The van der Waals surface area contributed by atoms with Crippen LogP contribution in [0, 0.1) is 5.41 Å². The van der Waals surface area contributed by atoms with Crippen LogP contribution in [0.3, 0.4) is 0 Å². The molecule has 2 aliphatic rings. The lowest BCUT2D eigenvalue weighted by atomic mass is 9.90. The highest BCUT2D eigenvalue weighted by Crippen LogP contribution is 2.26. The smallest absolute Gasteiger partial charge is 0.315 e. The van der Waals surface area contributed by atoms with E-state index in [0.717, 1.165) is 25.6 Å². The minimum Gasteiger partial charge on any atom is -0.396 e. The first kappa shape index (κ1) is 16.6. The number of urea groups is 1. The number of amides is 2. The van der Waals surface area contributed by atoms with Gasteiger partial charge in [-0.25, -0.2) is 4.79 Å². The molecule has 5 heteroatoms. The summed E-state index contributed by atoms with van der Waals surface area (Å²) in [6.07, 6.45) is 7.14. The molecular formula is C16H31N3O2. The van der Waals surface area contributed by atoms with Crippen molar-refractivity contribution in [2.75, 3.05) is 26.2 Å². The molecule has 2 fully saturated rings. The van der Waals surface area contributed by atoms with Gasteiger partial charge < -0.3 is 15.7 Å². The van der Waals surface area contributed by atoms with E-state index in [-0.39, 0.29) is 24.1 Å².